The molecule has 2 aliphatic heterocycles. The lowest BCUT2D eigenvalue weighted by atomic mass is 9.95. The lowest BCUT2D eigenvalue weighted by molar-refractivity contribution is 0.0366. The second kappa shape index (κ2) is 7.39. The van der Waals surface area contributed by atoms with Crippen molar-refractivity contribution in [1.82, 2.24) is 10.2 Å². The zero-order valence-electron chi connectivity index (χ0n) is 13.1. The van der Waals surface area contributed by atoms with Gasteiger partial charge in [-0.05, 0) is 37.7 Å². The van der Waals surface area contributed by atoms with Crippen LogP contribution in [0.4, 0.5) is 0 Å². The number of piperazine rings is 1. The van der Waals surface area contributed by atoms with Gasteiger partial charge in [-0.1, -0.05) is 30.3 Å². The second-order valence-corrected chi connectivity index (χ2v) is 6.66. The third-order valence-electron chi connectivity index (χ3n) is 4.87. The summed E-state index contributed by atoms with van der Waals surface area (Å²) in [7, 11) is 0. The predicted molar refractivity (Wildman–Crippen MR) is 86.5 cm³/mol. The first kappa shape index (κ1) is 15.0. The van der Waals surface area contributed by atoms with Gasteiger partial charge in [0.2, 0.25) is 0 Å². The summed E-state index contributed by atoms with van der Waals surface area (Å²) in [5, 5.41) is 3.65. The Morgan fingerprint density at radius 3 is 2.71 bits per heavy atom. The van der Waals surface area contributed by atoms with E-state index in [1.807, 2.05) is 0 Å². The summed E-state index contributed by atoms with van der Waals surface area (Å²) < 4.78 is 5.50. The van der Waals surface area contributed by atoms with Gasteiger partial charge in [0, 0.05) is 44.9 Å². The zero-order chi connectivity index (χ0) is 14.5. The molecule has 1 aromatic rings. The first-order chi connectivity index (χ1) is 10.3. The molecule has 2 aliphatic rings. The van der Waals surface area contributed by atoms with Crippen molar-refractivity contribution < 1.29 is 4.74 Å². The van der Waals surface area contributed by atoms with Crippen LogP contribution >= 0.6 is 0 Å². The van der Waals surface area contributed by atoms with Gasteiger partial charge in [0.25, 0.3) is 0 Å². The van der Waals surface area contributed by atoms with E-state index in [0.717, 1.165) is 32.1 Å². The number of nitrogens with zero attached hydrogens (tertiary/aromatic N) is 1. The van der Waals surface area contributed by atoms with Crippen molar-refractivity contribution in [1.29, 1.82) is 0 Å². The van der Waals surface area contributed by atoms with Gasteiger partial charge in [-0.3, -0.25) is 4.90 Å². The summed E-state index contributed by atoms with van der Waals surface area (Å²) in [5.41, 5.74) is 1.45. The molecule has 2 atom stereocenters. The number of nitrogens with one attached hydrogen (secondary N) is 1. The molecule has 3 rings (SSSR count). The predicted octanol–water partition coefficient (Wildman–Crippen LogP) is 2.32. The van der Waals surface area contributed by atoms with Crippen LogP contribution in [-0.2, 0) is 11.2 Å². The highest BCUT2D eigenvalue weighted by Gasteiger charge is 2.28. The summed E-state index contributed by atoms with van der Waals surface area (Å²) in [5.74, 6) is 0.822. The molecule has 2 saturated heterocycles. The molecular formula is C18H28N2O. The molecule has 21 heavy (non-hydrogen) atoms. The molecular weight excluding hydrogens is 260 g/mol. The molecule has 1 N–H and O–H groups in total. The first-order valence-electron chi connectivity index (χ1n) is 8.40. The highest BCUT2D eigenvalue weighted by Crippen LogP contribution is 2.20. The Morgan fingerprint density at radius 2 is 1.95 bits per heavy atom. The number of hydrogen-bond donors (Lipinski definition) is 1. The van der Waals surface area contributed by atoms with Gasteiger partial charge in [-0.15, -0.1) is 0 Å². The third kappa shape index (κ3) is 4.29. The van der Waals surface area contributed by atoms with Crippen LogP contribution in [0.2, 0.25) is 0 Å². The van der Waals surface area contributed by atoms with E-state index in [0.29, 0.717) is 12.1 Å². The van der Waals surface area contributed by atoms with Crippen LogP contribution < -0.4 is 5.32 Å². The average Bonchev–Trinajstić information content (AvgIpc) is 2.52. The van der Waals surface area contributed by atoms with Crippen molar-refractivity contribution in [3.8, 4) is 0 Å². The summed E-state index contributed by atoms with van der Waals surface area (Å²) in [6, 6.07) is 12.1. The quantitative estimate of drug-likeness (QED) is 0.920. The molecule has 116 valence electrons. The molecule has 3 heteroatoms. The van der Waals surface area contributed by atoms with E-state index in [4.69, 9.17) is 4.74 Å². The van der Waals surface area contributed by atoms with Gasteiger partial charge in [0.15, 0.2) is 0 Å². The normalized spacial score (nSPS) is 28.6. The van der Waals surface area contributed by atoms with Crippen molar-refractivity contribution in [2.24, 2.45) is 5.92 Å². The summed E-state index contributed by atoms with van der Waals surface area (Å²) in [4.78, 5) is 2.73. The van der Waals surface area contributed by atoms with Gasteiger partial charge < -0.3 is 10.1 Å². The van der Waals surface area contributed by atoms with E-state index in [-0.39, 0.29) is 0 Å². The summed E-state index contributed by atoms with van der Waals surface area (Å²) >= 11 is 0. The number of rotatable bonds is 4. The lowest BCUT2D eigenvalue weighted by Crippen LogP contribution is -2.57. The molecule has 0 aliphatic carbocycles. The van der Waals surface area contributed by atoms with Crippen LogP contribution in [-0.4, -0.2) is 49.8 Å². The van der Waals surface area contributed by atoms with Gasteiger partial charge in [0.05, 0.1) is 0 Å². The smallest absolute Gasteiger partial charge is 0.0469 e. The summed E-state index contributed by atoms with van der Waals surface area (Å²) in [6.45, 7) is 7.74. The second-order valence-electron chi connectivity index (χ2n) is 6.66. The maximum absolute atomic E-state index is 5.50. The summed E-state index contributed by atoms with van der Waals surface area (Å²) in [6.07, 6.45) is 3.62. The van der Waals surface area contributed by atoms with Gasteiger partial charge in [-0.2, -0.15) is 0 Å². The van der Waals surface area contributed by atoms with Crippen LogP contribution in [0.1, 0.15) is 25.3 Å². The van der Waals surface area contributed by atoms with Crippen molar-refractivity contribution in [3.05, 3.63) is 35.9 Å². The largest absolute Gasteiger partial charge is 0.381 e. The Balaban J connectivity index is 1.61. The Labute approximate surface area is 128 Å². The molecule has 2 unspecified atom stereocenters. The minimum atomic E-state index is 0.608. The van der Waals surface area contributed by atoms with E-state index >= 15 is 0 Å². The Bertz CT molecular complexity index is 416. The van der Waals surface area contributed by atoms with E-state index in [2.05, 4.69) is 47.5 Å². The monoisotopic (exact) mass is 288 g/mol. The van der Waals surface area contributed by atoms with E-state index in [1.54, 1.807) is 0 Å². The maximum atomic E-state index is 5.50. The Hall–Kier alpha value is -0.900. The topological polar surface area (TPSA) is 24.5 Å². The maximum Gasteiger partial charge on any atom is 0.0469 e. The highest BCUT2D eigenvalue weighted by atomic mass is 16.5. The molecule has 0 amide bonds. The molecule has 3 nitrogen and oxygen atoms in total. The fraction of sp³-hybridized carbons (Fsp3) is 0.667. The minimum absolute atomic E-state index is 0.608. The van der Waals surface area contributed by atoms with Gasteiger partial charge >= 0.3 is 0 Å². The molecule has 0 bridgehead atoms. The lowest BCUT2D eigenvalue weighted by Gasteiger charge is -2.41. The SMILES string of the molecule is CC1CN(CC2CCOCC2)C(Cc2ccccc2)CN1. The van der Waals surface area contributed by atoms with E-state index < -0.39 is 0 Å². The first-order valence-corrected chi connectivity index (χ1v) is 8.40. The highest BCUT2D eigenvalue weighted by molar-refractivity contribution is 5.16. The Morgan fingerprint density at radius 1 is 1.19 bits per heavy atom. The molecule has 0 radical (unpaired) electrons. The molecule has 2 fully saturated rings. The van der Waals surface area contributed by atoms with Crippen LogP contribution in [0.15, 0.2) is 30.3 Å². The van der Waals surface area contributed by atoms with Crippen molar-refractivity contribution in [2.45, 2.75) is 38.3 Å². The fourth-order valence-electron chi connectivity index (χ4n) is 3.60. The molecule has 2 heterocycles. The fourth-order valence-corrected chi connectivity index (χ4v) is 3.60. The van der Waals surface area contributed by atoms with Crippen molar-refractivity contribution in [3.63, 3.8) is 0 Å². The van der Waals surface area contributed by atoms with Crippen LogP contribution in [0.25, 0.3) is 0 Å². The Kier molecular flexibility index (Phi) is 5.28. The van der Waals surface area contributed by atoms with Crippen LogP contribution in [0.3, 0.4) is 0 Å². The minimum Gasteiger partial charge on any atom is -0.381 e. The molecule has 0 saturated carbocycles. The van der Waals surface area contributed by atoms with Crippen molar-refractivity contribution >= 4 is 0 Å². The standard InChI is InChI=1S/C18H28N2O/c1-15-13-20(14-17-7-9-21-10-8-17)18(12-19-15)11-16-5-3-2-4-6-16/h2-6,15,17-19H,7-14H2,1H3. The van der Waals surface area contributed by atoms with Crippen LogP contribution in [0, 0.1) is 5.92 Å². The third-order valence-corrected chi connectivity index (χ3v) is 4.87. The molecule has 1 aromatic carbocycles. The molecule has 0 aromatic heterocycles. The van der Waals surface area contributed by atoms with E-state index in [1.165, 1.54) is 31.5 Å². The van der Waals surface area contributed by atoms with Crippen molar-refractivity contribution in [2.75, 3.05) is 32.8 Å². The van der Waals surface area contributed by atoms with Gasteiger partial charge in [0.1, 0.15) is 0 Å². The number of ether oxygens (including phenoxy) is 1. The van der Waals surface area contributed by atoms with E-state index in [9.17, 15) is 0 Å². The number of hydrogen-bond acceptors (Lipinski definition) is 3. The van der Waals surface area contributed by atoms with Crippen LogP contribution in [0.5, 0.6) is 0 Å². The zero-order valence-corrected chi connectivity index (χ0v) is 13.1. The average molecular weight is 288 g/mol. The van der Waals surface area contributed by atoms with Gasteiger partial charge in [-0.25, -0.2) is 0 Å². The molecule has 0 spiro atoms. The number of benzene rings is 1.